The molecule has 0 atom stereocenters. The molecule has 0 saturated carbocycles. The Labute approximate surface area is 129 Å². The van der Waals surface area contributed by atoms with Gasteiger partial charge < -0.3 is 15.8 Å². The van der Waals surface area contributed by atoms with Crippen LogP contribution in [0.15, 0.2) is 12.1 Å². The van der Waals surface area contributed by atoms with Crippen molar-refractivity contribution in [2.75, 3.05) is 17.7 Å². The van der Waals surface area contributed by atoms with Crippen molar-refractivity contribution in [2.24, 2.45) is 0 Å². The Morgan fingerprint density at radius 3 is 2.55 bits per heavy atom. The Bertz CT molecular complexity index is 462. The molecule has 4 nitrogen and oxygen atoms in total. The van der Waals surface area contributed by atoms with Gasteiger partial charge in [-0.1, -0.05) is 23.2 Å². The lowest BCUT2D eigenvalue weighted by Crippen LogP contribution is -2.21. The van der Waals surface area contributed by atoms with Gasteiger partial charge in [0.25, 0.3) is 0 Å². The number of benzene rings is 1. The first kappa shape index (κ1) is 17.1. The number of carbonyl (C=O) groups is 1. The number of nitrogens with two attached hydrogens (primary N) is 1. The van der Waals surface area contributed by atoms with E-state index in [0.717, 1.165) is 0 Å². The van der Waals surface area contributed by atoms with Crippen LogP contribution >= 0.6 is 23.2 Å². The van der Waals surface area contributed by atoms with Crippen LogP contribution in [0.5, 0.6) is 0 Å². The molecule has 0 spiro atoms. The van der Waals surface area contributed by atoms with E-state index in [0.29, 0.717) is 40.9 Å². The molecule has 0 saturated heterocycles. The lowest BCUT2D eigenvalue weighted by Gasteiger charge is -2.19. The zero-order valence-corrected chi connectivity index (χ0v) is 13.4. The molecule has 3 N–H and O–H groups in total. The van der Waals surface area contributed by atoms with Gasteiger partial charge in [0.1, 0.15) is 0 Å². The summed E-state index contributed by atoms with van der Waals surface area (Å²) in [6, 6.07) is 3.09. The highest BCUT2D eigenvalue weighted by Gasteiger charge is 2.12. The van der Waals surface area contributed by atoms with E-state index in [9.17, 15) is 4.79 Å². The van der Waals surface area contributed by atoms with Crippen molar-refractivity contribution in [2.45, 2.75) is 39.2 Å². The maximum absolute atomic E-state index is 11.8. The van der Waals surface area contributed by atoms with Crippen LogP contribution < -0.4 is 11.1 Å². The summed E-state index contributed by atoms with van der Waals surface area (Å²) in [6.07, 6.45) is 0.975. The van der Waals surface area contributed by atoms with E-state index in [4.69, 9.17) is 33.7 Å². The highest BCUT2D eigenvalue weighted by atomic mass is 35.5. The van der Waals surface area contributed by atoms with E-state index < -0.39 is 0 Å². The number of rotatable bonds is 5. The van der Waals surface area contributed by atoms with E-state index in [1.807, 2.05) is 20.8 Å². The fourth-order valence-corrected chi connectivity index (χ4v) is 2.09. The molecule has 0 unspecified atom stereocenters. The number of amides is 1. The summed E-state index contributed by atoms with van der Waals surface area (Å²) in [4.78, 5) is 11.8. The molecule has 20 heavy (non-hydrogen) atoms. The third-order valence-corrected chi connectivity index (χ3v) is 2.95. The van der Waals surface area contributed by atoms with Gasteiger partial charge >= 0.3 is 0 Å². The highest BCUT2D eigenvalue weighted by molar-refractivity contribution is 6.37. The Balaban J connectivity index is 2.47. The van der Waals surface area contributed by atoms with Gasteiger partial charge in [-0.3, -0.25) is 4.79 Å². The van der Waals surface area contributed by atoms with E-state index >= 15 is 0 Å². The summed E-state index contributed by atoms with van der Waals surface area (Å²) in [5.74, 6) is -0.154. The average molecular weight is 319 g/mol. The maximum Gasteiger partial charge on any atom is 0.224 e. The minimum Gasteiger partial charge on any atom is -0.397 e. The third-order valence-electron chi connectivity index (χ3n) is 2.43. The molecule has 1 aromatic carbocycles. The van der Waals surface area contributed by atoms with Gasteiger partial charge in [0.15, 0.2) is 0 Å². The van der Waals surface area contributed by atoms with E-state index in [-0.39, 0.29) is 11.5 Å². The topological polar surface area (TPSA) is 64.3 Å². The Morgan fingerprint density at radius 2 is 2.00 bits per heavy atom. The summed E-state index contributed by atoms with van der Waals surface area (Å²) in [7, 11) is 0. The molecule has 0 aliphatic rings. The van der Waals surface area contributed by atoms with Crippen LogP contribution in [0.3, 0.4) is 0 Å². The Morgan fingerprint density at radius 1 is 1.35 bits per heavy atom. The standard InChI is InChI=1S/C14H20Cl2N2O2/c1-14(2,3)20-6-4-5-12(19)18-13-10(16)7-9(15)8-11(13)17/h7-8H,4-6,17H2,1-3H3,(H,18,19). The van der Waals surface area contributed by atoms with Crippen LogP contribution in [0.25, 0.3) is 0 Å². The number of anilines is 2. The largest absolute Gasteiger partial charge is 0.397 e. The van der Waals surface area contributed by atoms with Crippen molar-refractivity contribution in [1.29, 1.82) is 0 Å². The maximum atomic E-state index is 11.8. The number of carbonyl (C=O) groups excluding carboxylic acids is 1. The summed E-state index contributed by atoms with van der Waals surface area (Å²) in [5, 5.41) is 3.46. The lowest BCUT2D eigenvalue weighted by atomic mass is 10.2. The van der Waals surface area contributed by atoms with E-state index in [1.165, 1.54) is 6.07 Å². The average Bonchev–Trinajstić information content (AvgIpc) is 2.28. The molecule has 0 aliphatic heterocycles. The monoisotopic (exact) mass is 318 g/mol. The summed E-state index contributed by atoms with van der Waals surface area (Å²) in [5.41, 5.74) is 6.33. The number of nitrogen functional groups attached to an aromatic ring is 1. The van der Waals surface area contributed by atoms with Gasteiger partial charge in [0.2, 0.25) is 5.91 Å². The Hall–Kier alpha value is -0.970. The molecule has 0 radical (unpaired) electrons. The van der Waals surface area contributed by atoms with Gasteiger partial charge in [-0.15, -0.1) is 0 Å². The molecular weight excluding hydrogens is 299 g/mol. The van der Waals surface area contributed by atoms with Crippen molar-refractivity contribution in [3.63, 3.8) is 0 Å². The molecular formula is C14H20Cl2N2O2. The third kappa shape index (κ3) is 5.99. The molecule has 0 fully saturated rings. The SMILES string of the molecule is CC(C)(C)OCCCC(=O)Nc1c(N)cc(Cl)cc1Cl. The molecule has 1 rings (SSSR count). The number of hydrogen-bond acceptors (Lipinski definition) is 3. The molecule has 1 amide bonds. The van der Waals surface area contributed by atoms with Crippen molar-refractivity contribution < 1.29 is 9.53 Å². The molecule has 1 aromatic rings. The van der Waals surface area contributed by atoms with Gasteiger partial charge in [-0.05, 0) is 39.3 Å². The van der Waals surface area contributed by atoms with Crippen molar-refractivity contribution in [3.05, 3.63) is 22.2 Å². The predicted octanol–water partition coefficient (Wildman–Crippen LogP) is 4.11. The number of nitrogens with one attached hydrogen (secondary N) is 1. The Kier molecular flexibility index (Phi) is 6.11. The van der Waals surface area contributed by atoms with Gasteiger partial charge in [-0.25, -0.2) is 0 Å². The highest BCUT2D eigenvalue weighted by Crippen LogP contribution is 2.32. The zero-order valence-electron chi connectivity index (χ0n) is 11.9. The van der Waals surface area contributed by atoms with Crippen LogP contribution in [0.1, 0.15) is 33.6 Å². The fraction of sp³-hybridized carbons (Fsp3) is 0.500. The van der Waals surface area contributed by atoms with E-state index in [2.05, 4.69) is 5.32 Å². The van der Waals surface area contributed by atoms with Gasteiger partial charge in [0, 0.05) is 18.1 Å². The first-order valence-corrected chi connectivity index (χ1v) is 7.13. The fourth-order valence-electron chi connectivity index (χ4n) is 1.54. The minimum absolute atomic E-state index is 0.154. The second-order valence-electron chi connectivity index (χ2n) is 5.46. The first-order chi connectivity index (χ1) is 9.19. The zero-order chi connectivity index (χ0) is 15.3. The van der Waals surface area contributed by atoms with Crippen LogP contribution in [0, 0.1) is 0 Å². The van der Waals surface area contributed by atoms with Crippen molar-refractivity contribution in [1.82, 2.24) is 0 Å². The summed E-state index contributed by atoms with van der Waals surface area (Å²) >= 11 is 11.8. The van der Waals surface area contributed by atoms with Crippen LogP contribution in [-0.4, -0.2) is 18.1 Å². The smallest absolute Gasteiger partial charge is 0.224 e. The van der Waals surface area contributed by atoms with Crippen LogP contribution in [-0.2, 0) is 9.53 Å². The van der Waals surface area contributed by atoms with Gasteiger partial charge in [0.05, 0.1) is 22.0 Å². The quantitative estimate of drug-likeness (QED) is 0.634. The van der Waals surface area contributed by atoms with Crippen molar-refractivity contribution >= 4 is 40.5 Å². The first-order valence-electron chi connectivity index (χ1n) is 6.37. The molecule has 0 aromatic heterocycles. The number of hydrogen-bond donors (Lipinski definition) is 2. The van der Waals surface area contributed by atoms with E-state index in [1.54, 1.807) is 6.07 Å². The minimum atomic E-state index is -0.194. The normalized spacial score (nSPS) is 11.4. The molecule has 6 heteroatoms. The second-order valence-corrected chi connectivity index (χ2v) is 6.31. The van der Waals surface area contributed by atoms with Crippen LogP contribution in [0.4, 0.5) is 11.4 Å². The van der Waals surface area contributed by atoms with Crippen molar-refractivity contribution in [3.8, 4) is 0 Å². The second kappa shape index (κ2) is 7.16. The molecule has 0 bridgehead atoms. The number of halogens is 2. The predicted molar refractivity (Wildman–Crippen MR) is 84.4 cm³/mol. The summed E-state index contributed by atoms with van der Waals surface area (Å²) < 4.78 is 5.54. The lowest BCUT2D eigenvalue weighted by molar-refractivity contribution is -0.116. The van der Waals surface area contributed by atoms with Gasteiger partial charge in [-0.2, -0.15) is 0 Å². The molecule has 0 aliphatic carbocycles. The summed E-state index contributed by atoms with van der Waals surface area (Å²) in [6.45, 7) is 6.45. The van der Waals surface area contributed by atoms with Crippen LogP contribution in [0.2, 0.25) is 10.0 Å². The number of ether oxygens (including phenoxy) is 1. The molecule has 112 valence electrons. The molecule has 0 heterocycles.